The van der Waals surface area contributed by atoms with Gasteiger partial charge in [-0.1, -0.05) is 6.07 Å². The molecule has 0 bridgehead atoms. The number of rotatable bonds is 2. The van der Waals surface area contributed by atoms with Gasteiger partial charge >= 0.3 is 0 Å². The molecule has 3 rings (SSSR count). The molecular weight excluding hydrogens is 244 g/mol. The Labute approximate surface area is 112 Å². The van der Waals surface area contributed by atoms with Gasteiger partial charge in [0.25, 0.3) is 0 Å². The van der Waals surface area contributed by atoms with Crippen LogP contribution in [0.2, 0.25) is 0 Å². The molecule has 102 valence electrons. The Hall–Kier alpha value is -1.95. The zero-order valence-electron chi connectivity index (χ0n) is 10.8. The second-order valence-corrected chi connectivity index (χ2v) is 4.84. The first kappa shape index (κ1) is 12.1. The molecule has 0 spiro atoms. The van der Waals surface area contributed by atoms with Crippen molar-refractivity contribution < 1.29 is 9.47 Å². The standard InChI is InChI=1S/C13H18N4O2/c14-13(15)17-5-3-16(4-6-17)8-10-1-2-11-12(7-10)19-9-18-11/h1-2,7H,3-6,8-9H2,(H3,14,15). The molecule has 1 saturated heterocycles. The number of nitrogens with one attached hydrogen (secondary N) is 1. The molecule has 0 saturated carbocycles. The first-order valence-corrected chi connectivity index (χ1v) is 6.42. The lowest BCUT2D eigenvalue weighted by Gasteiger charge is -2.34. The van der Waals surface area contributed by atoms with E-state index in [1.807, 2.05) is 17.0 Å². The summed E-state index contributed by atoms with van der Waals surface area (Å²) in [4.78, 5) is 4.26. The third kappa shape index (κ3) is 2.58. The van der Waals surface area contributed by atoms with Crippen molar-refractivity contribution in [2.75, 3.05) is 33.0 Å². The Kier molecular flexibility index (Phi) is 3.16. The highest BCUT2D eigenvalue weighted by Crippen LogP contribution is 2.32. The van der Waals surface area contributed by atoms with E-state index in [4.69, 9.17) is 20.6 Å². The molecule has 2 heterocycles. The Bertz CT molecular complexity index is 484. The van der Waals surface area contributed by atoms with Crippen molar-refractivity contribution in [3.05, 3.63) is 23.8 Å². The summed E-state index contributed by atoms with van der Waals surface area (Å²) in [5.41, 5.74) is 6.71. The van der Waals surface area contributed by atoms with E-state index in [1.54, 1.807) is 0 Å². The molecule has 19 heavy (non-hydrogen) atoms. The number of fused-ring (bicyclic) bond motifs is 1. The highest BCUT2D eigenvalue weighted by atomic mass is 16.7. The largest absolute Gasteiger partial charge is 0.454 e. The van der Waals surface area contributed by atoms with E-state index in [1.165, 1.54) is 5.56 Å². The quantitative estimate of drug-likeness (QED) is 0.597. The summed E-state index contributed by atoms with van der Waals surface area (Å²) < 4.78 is 10.7. The van der Waals surface area contributed by atoms with Crippen molar-refractivity contribution in [3.63, 3.8) is 0 Å². The van der Waals surface area contributed by atoms with Gasteiger partial charge in [0.05, 0.1) is 0 Å². The molecule has 0 atom stereocenters. The zero-order valence-corrected chi connectivity index (χ0v) is 10.8. The Balaban J connectivity index is 1.59. The summed E-state index contributed by atoms with van der Waals surface area (Å²) in [5.74, 6) is 1.83. The smallest absolute Gasteiger partial charge is 0.231 e. The zero-order chi connectivity index (χ0) is 13.2. The van der Waals surface area contributed by atoms with Crippen molar-refractivity contribution in [1.82, 2.24) is 9.80 Å². The summed E-state index contributed by atoms with van der Waals surface area (Å²) in [6.45, 7) is 4.69. The minimum absolute atomic E-state index is 0.169. The number of hydrogen-bond acceptors (Lipinski definition) is 4. The summed E-state index contributed by atoms with van der Waals surface area (Å²) in [5, 5.41) is 7.41. The molecule has 0 amide bonds. The van der Waals surface area contributed by atoms with Crippen LogP contribution in [0.1, 0.15) is 5.56 Å². The van der Waals surface area contributed by atoms with Crippen LogP contribution < -0.4 is 15.2 Å². The van der Waals surface area contributed by atoms with Crippen LogP contribution in [0.25, 0.3) is 0 Å². The molecule has 2 aliphatic heterocycles. The third-order valence-electron chi connectivity index (χ3n) is 3.56. The summed E-state index contributed by atoms with van der Waals surface area (Å²) in [6.07, 6.45) is 0. The van der Waals surface area contributed by atoms with E-state index < -0.39 is 0 Å². The average Bonchev–Trinajstić information content (AvgIpc) is 2.87. The highest BCUT2D eigenvalue weighted by molar-refractivity contribution is 5.74. The van der Waals surface area contributed by atoms with Crippen molar-refractivity contribution in [3.8, 4) is 11.5 Å². The van der Waals surface area contributed by atoms with Gasteiger partial charge in [0, 0.05) is 32.7 Å². The number of piperazine rings is 1. The van der Waals surface area contributed by atoms with Gasteiger partial charge in [-0.2, -0.15) is 0 Å². The average molecular weight is 262 g/mol. The van der Waals surface area contributed by atoms with Crippen LogP contribution in [0.3, 0.4) is 0 Å². The number of guanidine groups is 1. The maximum atomic E-state index is 7.41. The number of nitrogens with two attached hydrogens (primary N) is 1. The number of ether oxygens (including phenoxy) is 2. The number of benzene rings is 1. The lowest BCUT2D eigenvalue weighted by atomic mass is 10.1. The van der Waals surface area contributed by atoms with Crippen LogP contribution in [-0.2, 0) is 6.54 Å². The fourth-order valence-electron chi connectivity index (χ4n) is 2.44. The fraction of sp³-hybridized carbons (Fsp3) is 0.462. The van der Waals surface area contributed by atoms with E-state index in [-0.39, 0.29) is 5.96 Å². The SMILES string of the molecule is N=C(N)N1CCN(Cc2ccc3c(c2)OCO3)CC1. The van der Waals surface area contributed by atoms with Crippen LogP contribution >= 0.6 is 0 Å². The number of hydrogen-bond donors (Lipinski definition) is 2. The minimum atomic E-state index is 0.169. The van der Waals surface area contributed by atoms with Crippen molar-refractivity contribution >= 4 is 5.96 Å². The monoisotopic (exact) mass is 262 g/mol. The lowest BCUT2D eigenvalue weighted by molar-refractivity contribution is 0.172. The van der Waals surface area contributed by atoms with Crippen molar-refractivity contribution in [1.29, 1.82) is 5.41 Å². The van der Waals surface area contributed by atoms with Gasteiger partial charge in [0.2, 0.25) is 6.79 Å². The van der Waals surface area contributed by atoms with Gasteiger partial charge < -0.3 is 20.1 Å². The molecule has 6 heteroatoms. The molecule has 1 aromatic carbocycles. The molecular formula is C13H18N4O2. The lowest BCUT2D eigenvalue weighted by Crippen LogP contribution is -2.50. The molecule has 0 aliphatic carbocycles. The van der Waals surface area contributed by atoms with Gasteiger partial charge in [-0.3, -0.25) is 10.3 Å². The summed E-state index contributed by atoms with van der Waals surface area (Å²) >= 11 is 0. The van der Waals surface area contributed by atoms with Gasteiger partial charge in [0.1, 0.15) is 0 Å². The summed E-state index contributed by atoms with van der Waals surface area (Å²) in [7, 11) is 0. The number of nitrogens with zero attached hydrogens (tertiary/aromatic N) is 2. The van der Waals surface area contributed by atoms with Crippen molar-refractivity contribution in [2.45, 2.75) is 6.54 Å². The molecule has 1 aromatic rings. The van der Waals surface area contributed by atoms with Crippen LogP contribution in [0.15, 0.2) is 18.2 Å². The third-order valence-corrected chi connectivity index (χ3v) is 3.56. The highest BCUT2D eigenvalue weighted by Gasteiger charge is 2.19. The Morgan fingerprint density at radius 1 is 1.16 bits per heavy atom. The van der Waals surface area contributed by atoms with Gasteiger partial charge in [-0.15, -0.1) is 0 Å². The summed E-state index contributed by atoms with van der Waals surface area (Å²) in [6, 6.07) is 6.08. The molecule has 6 nitrogen and oxygen atoms in total. The molecule has 0 aromatic heterocycles. The van der Waals surface area contributed by atoms with Crippen molar-refractivity contribution in [2.24, 2.45) is 5.73 Å². The maximum absolute atomic E-state index is 7.41. The van der Waals surface area contributed by atoms with E-state index in [0.717, 1.165) is 44.2 Å². The van der Waals surface area contributed by atoms with Gasteiger partial charge in [-0.05, 0) is 17.7 Å². The van der Waals surface area contributed by atoms with Crippen LogP contribution in [0.4, 0.5) is 0 Å². The minimum Gasteiger partial charge on any atom is -0.454 e. The Morgan fingerprint density at radius 2 is 1.89 bits per heavy atom. The van der Waals surface area contributed by atoms with Crippen LogP contribution in [0.5, 0.6) is 11.5 Å². The molecule has 1 fully saturated rings. The molecule has 0 radical (unpaired) electrons. The van der Waals surface area contributed by atoms with E-state index in [2.05, 4.69) is 11.0 Å². The van der Waals surface area contributed by atoms with E-state index in [9.17, 15) is 0 Å². The Morgan fingerprint density at radius 3 is 2.63 bits per heavy atom. The molecule has 2 aliphatic rings. The van der Waals surface area contributed by atoms with Gasteiger partial charge in [-0.25, -0.2) is 0 Å². The maximum Gasteiger partial charge on any atom is 0.231 e. The fourth-order valence-corrected chi connectivity index (χ4v) is 2.44. The van der Waals surface area contributed by atoms with Gasteiger partial charge in [0.15, 0.2) is 17.5 Å². The predicted octanol–water partition coefficient (Wildman–Crippen LogP) is 0.426. The van der Waals surface area contributed by atoms with E-state index in [0.29, 0.717) is 6.79 Å². The van der Waals surface area contributed by atoms with E-state index >= 15 is 0 Å². The molecule has 3 N–H and O–H groups in total. The van der Waals surface area contributed by atoms with Crippen LogP contribution in [-0.4, -0.2) is 48.7 Å². The first-order valence-electron chi connectivity index (χ1n) is 6.42. The second-order valence-electron chi connectivity index (χ2n) is 4.84. The topological polar surface area (TPSA) is 74.8 Å². The molecule has 0 unspecified atom stereocenters. The first-order chi connectivity index (χ1) is 9.22. The predicted molar refractivity (Wildman–Crippen MR) is 71.3 cm³/mol. The second kappa shape index (κ2) is 4.97. The normalized spacial score (nSPS) is 18.6. The van der Waals surface area contributed by atoms with Crippen LogP contribution in [0, 0.1) is 5.41 Å².